The monoisotopic (exact) mass is 322 g/mol. The number of rotatable bonds is 2. The van der Waals surface area contributed by atoms with Gasteiger partial charge in [-0.15, -0.1) is 0 Å². The van der Waals surface area contributed by atoms with Gasteiger partial charge in [0.15, 0.2) is 0 Å². The van der Waals surface area contributed by atoms with Crippen LogP contribution in [0.2, 0.25) is 0 Å². The molecule has 0 spiro atoms. The smallest absolute Gasteiger partial charge is 0.241 e. The van der Waals surface area contributed by atoms with Crippen LogP contribution in [0.25, 0.3) is 16.6 Å². The van der Waals surface area contributed by atoms with Crippen LogP contribution in [0.15, 0.2) is 42.6 Å². The zero-order valence-electron chi connectivity index (χ0n) is 12.5. The molecule has 0 fully saturated rings. The van der Waals surface area contributed by atoms with Gasteiger partial charge in [-0.25, -0.2) is 8.91 Å². The molecule has 23 heavy (non-hydrogen) atoms. The maximum atomic E-state index is 13.4. The van der Waals surface area contributed by atoms with Crippen LogP contribution in [0.1, 0.15) is 31.0 Å². The van der Waals surface area contributed by atoms with E-state index in [1.165, 1.54) is 6.07 Å². The molecule has 0 unspecified atom stereocenters. The number of halogens is 4. The molecule has 0 amide bonds. The van der Waals surface area contributed by atoms with Crippen LogP contribution in [-0.4, -0.2) is 9.61 Å². The average molecular weight is 322 g/mol. The molecule has 3 aromatic rings. The topological polar surface area (TPSA) is 17.3 Å². The van der Waals surface area contributed by atoms with Crippen molar-refractivity contribution in [2.24, 2.45) is 0 Å². The second kappa shape index (κ2) is 5.37. The van der Waals surface area contributed by atoms with E-state index in [1.54, 1.807) is 22.8 Å². The maximum absolute atomic E-state index is 13.4. The Labute approximate surface area is 130 Å². The Balaban J connectivity index is 2.09. The summed E-state index contributed by atoms with van der Waals surface area (Å²) in [6.07, 6.45) is -3.03. The Morgan fingerprint density at radius 1 is 1.00 bits per heavy atom. The quantitative estimate of drug-likeness (QED) is 0.587. The Morgan fingerprint density at radius 3 is 2.35 bits per heavy atom. The van der Waals surface area contributed by atoms with Crippen molar-refractivity contribution in [3.05, 3.63) is 59.7 Å². The Morgan fingerprint density at radius 2 is 1.70 bits per heavy atom. The third-order valence-corrected chi connectivity index (χ3v) is 3.68. The van der Waals surface area contributed by atoms with Crippen molar-refractivity contribution in [3.63, 3.8) is 0 Å². The first kappa shape index (κ1) is 15.5. The highest BCUT2D eigenvalue weighted by atomic mass is 19.4. The summed E-state index contributed by atoms with van der Waals surface area (Å²) in [7, 11) is 0. The van der Waals surface area contributed by atoms with Crippen molar-refractivity contribution in [3.8, 4) is 11.1 Å². The molecular weight excluding hydrogens is 308 g/mol. The third-order valence-electron chi connectivity index (χ3n) is 3.68. The molecule has 0 saturated heterocycles. The van der Waals surface area contributed by atoms with Crippen molar-refractivity contribution >= 4 is 5.52 Å². The van der Waals surface area contributed by atoms with Crippen LogP contribution >= 0.6 is 0 Å². The molecule has 2 aromatic heterocycles. The molecule has 0 saturated carbocycles. The number of aromatic nitrogens is 2. The molecule has 0 aliphatic rings. The highest BCUT2D eigenvalue weighted by molar-refractivity contribution is 5.69. The lowest BCUT2D eigenvalue weighted by molar-refractivity contribution is -0.139. The molecule has 0 aliphatic heterocycles. The van der Waals surface area contributed by atoms with E-state index in [0.717, 1.165) is 23.3 Å². The van der Waals surface area contributed by atoms with Gasteiger partial charge in [-0.1, -0.05) is 19.9 Å². The minimum Gasteiger partial charge on any atom is -0.241 e. The Bertz CT molecular complexity index is 863. The second-order valence-electron chi connectivity index (χ2n) is 5.70. The van der Waals surface area contributed by atoms with Crippen molar-refractivity contribution in [1.82, 2.24) is 9.61 Å². The fourth-order valence-electron chi connectivity index (χ4n) is 2.40. The molecule has 0 atom stereocenters. The van der Waals surface area contributed by atoms with Crippen LogP contribution in [0.4, 0.5) is 17.6 Å². The molecule has 1 aromatic carbocycles. The number of pyridine rings is 1. The molecule has 0 aliphatic carbocycles. The molecule has 2 nitrogen and oxygen atoms in total. The maximum Gasteiger partial charge on any atom is 0.419 e. The molecule has 120 valence electrons. The fraction of sp³-hybridized carbons (Fsp3) is 0.235. The minimum atomic E-state index is -4.72. The van der Waals surface area contributed by atoms with E-state index in [-0.39, 0.29) is 5.92 Å². The zero-order valence-corrected chi connectivity index (χ0v) is 12.5. The van der Waals surface area contributed by atoms with Gasteiger partial charge in [0.25, 0.3) is 0 Å². The summed E-state index contributed by atoms with van der Waals surface area (Å²) >= 11 is 0. The summed E-state index contributed by atoms with van der Waals surface area (Å²) < 4.78 is 53.6. The lowest BCUT2D eigenvalue weighted by Gasteiger charge is -2.10. The van der Waals surface area contributed by atoms with E-state index >= 15 is 0 Å². The van der Waals surface area contributed by atoms with Gasteiger partial charge < -0.3 is 0 Å². The standard InChI is InChI=1S/C17H14F4N2/c1-10(2)16-9-13-7-12(5-6-23(13)22-16)11-3-4-15(18)14(8-11)17(19,20)21/h3-10H,1-2H3. The van der Waals surface area contributed by atoms with Crippen LogP contribution in [-0.2, 0) is 6.18 Å². The van der Waals surface area contributed by atoms with E-state index < -0.39 is 17.6 Å². The average Bonchev–Trinajstić information content (AvgIpc) is 2.89. The van der Waals surface area contributed by atoms with Crippen LogP contribution < -0.4 is 0 Å². The Hall–Kier alpha value is -2.37. The normalized spacial score (nSPS) is 12.3. The molecule has 2 heterocycles. The Kier molecular flexibility index (Phi) is 3.62. The molecule has 0 bridgehead atoms. The summed E-state index contributed by atoms with van der Waals surface area (Å²) in [5, 5.41) is 4.39. The van der Waals surface area contributed by atoms with Gasteiger partial charge in [0.05, 0.1) is 16.8 Å². The summed E-state index contributed by atoms with van der Waals surface area (Å²) in [4.78, 5) is 0. The number of hydrogen-bond donors (Lipinski definition) is 0. The lowest BCUT2D eigenvalue weighted by Crippen LogP contribution is -2.08. The first-order valence-electron chi connectivity index (χ1n) is 7.12. The van der Waals surface area contributed by atoms with Crippen molar-refractivity contribution in [2.45, 2.75) is 25.9 Å². The van der Waals surface area contributed by atoms with Crippen molar-refractivity contribution in [1.29, 1.82) is 0 Å². The van der Waals surface area contributed by atoms with E-state index in [0.29, 0.717) is 11.1 Å². The van der Waals surface area contributed by atoms with Gasteiger partial charge in [0.2, 0.25) is 0 Å². The van der Waals surface area contributed by atoms with Crippen molar-refractivity contribution in [2.75, 3.05) is 0 Å². The lowest BCUT2D eigenvalue weighted by atomic mass is 10.0. The van der Waals surface area contributed by atoms with Crippen molar-refractivity contribution < 1.29 is 17.6 Å². The molecule has 3 rings (SSSR count). The third kappa shape index (κ3) is 2.93. The highest BCUT2D eigenvalue weighted by Gasteiger charge is 2.34. The highest BCUT2D eigenvalue weighted by Crippen LogP contribution is 2.34. The summed E-state index contributed by atoms with van der Waals surface area (Å²) in [5.41, 5.74) is 1.32. The predicted octanol–water partition coefficient (Wildman–Crippen LogP) is 5.28. The first-order chi connectivity index (χ1) is 10.8. The largest absolute Gasteiger partial charge is 0.419 e. The van der Waals surface area contributed by atoms with E-state index in [1.807, 2.05) is 19.9 Å². The van der Waals surface area contributed by atoms with Gasteiger partial charge in [0, 0.05) is 6.20 Å². The number of fused-ring (bicyclic) bond motifs is 1. The SMILES string of the molecule is CC(C)c1cc2cc(-c3ccc(F)c(C(F)(F)F)c3)ccn2n1. The number of alkyl halides is 3. The summed E-state index contributed by atoms with van der Waals surface area (Å²) in [6.45, 7) is 4.02. The molecular formula is C17H14F4N2. The molecule has 0 N–H and O–H groups in total. The fourth-order valence-corrected chi connectivity index (χ4v) is 2.40. The van der Waals surface area contributed by atoms with E-state index in [9.17, 15) is 17.6 Å². The van der Waals surface area contributed by atoms with Crippen LogP contribution in [0.5, 0.6) is 0 Å². The van der Waals surface area contributed by atoms with Gasteiger partial charge >= 0.3 is 6.18 Å². The summed E-state index contributed by atoms with van der Waals surface area (Å²) in [5.74, 6) is -1.02. The summed E-state index contributed by atoms with van der Waals surface area (Å²) in [6, 6.07) is 8.32. The molecule has 6 heteroatoms. The number of nitrogens with zero attached hydrogens (tertiary/aromatic N) is 2. The second-order valence-corrected chi connectivity index (χ2v) is 5.70. The van der Waals surface area contributed by atoms with E-state index in [4.69, 9.17) is 0 Å². The van der Waals surface area contributed by atoms with Gasteiger partial charge in [-0.3, -0.25) is 0 Å². The van der Waals surface area contributed by atoms with Gasteiger partial charge in [0.1, 0.15) is 5.82 Å². The van der Waals surface area contributed by atoms with Crippen LogP contribution in [0.3, 0.4) is 0 Å². The van der Waals surface area contributed by atoms with Gasteiger partial charge in [-0.05, 0) is 47.4 Å². The predicted molar refractivity (Wildman–Crippen MR) is 79.7 cm³/mol. The van der Waals surface area contributed by atoms with Crippen LogP contribution in [0, 0.1) is 5.82 Å². The zero-order chi connectivity index (χ0) is 16.8. The van der Waals surface area contributed by atoms with E-state index in [2.05, 4.69) is 5.10 Å². The number of hydrogen-bond acceptors (Lipinski definition) is 1. The first-order valence-corrected chi connectivity index (χ1v) is 7.12. The number of benzene rings is 1. The molecule has 0 radical (unpaired) electrons. The van der Waals surface area contributed by atoms with Gasteiger partial charge in [-0.2, -0.15) is 18.3 Å². The minimum absolute atomic E-state index is 0.251.